The van der Waals surface area contributed by atoms with Crippen LogP contribution in [0.3, 0.4) is 0 Å². The van der Waals surface area contributed by atoms with Gasteiger partial charge in [-0.3, -0.25) is 4.79 Å². The number of halogens is 2. The first-order valence-corrected chi connectivity index (χ1v) is 12.6. The third kappa shape index (κ3) is 4.03. The van der Waals surface area contributed by atoms with Crippen LogP contribution in [0.1, 0.15) is 76.3 Å². The van der Waals surface area contributed by atoms with Crippen LogP contribution in [0.4, 0.5) is 0 Å². The first kappa shape index (κ1) is 23.4. The Bertz CT molecular complexity index is 976. The molecule has 2 aromatic rings. The fourth-order valence-corrected chi connectivity index (χ4v) is 6.53. The molecule has 1 aliphatic carbocycles. The summed E-state index contributed by atoms with van der Waals surface area (Å²) >= 11 is 13.1. The van der Waals surface area contributed by atoms with Crippen LogP contribution in [-0.2, 0) is 4.79 Å². The Morgan fingerprint density at radius 1 is 1.16 bits per heavy atom. The zero-order valence-corrected chi connectivity index (χ0v) is 20.8. The lowest BCUT2D eigenvalue weighted by atomic mass is 9.54. The second kappa shape index (κ2) is 9.27. The topological polar surface area (TPSA) is 38.3 Å². The molecule has 5 heteroatoms. The van der Waals surface area contributed by atoms with E-state index in [9.17, 15) is 4.79 Å². The van der Waals surface area contributed by atoms with Crippen molar-refractivity contribution in [3.8, 4) is 5.75 Å². The summed E-state index contributed by atoms with van der Waals surface area (Å²) in [5, 5.41) is 4.73. The number of hydrogen-bond acceptors (Lipinski definition) is 2. The standard InChI is InChI=1S/C27H33Cl2NO2/c1-5-16(3)32-20-11-12-21(23(29)15-20)22-13-14-27(6-2)25(17(4)30-26(27)31)24(22)18-7-9-19(28)10-8-18/h7-12,15-17,22,24-25H,5-6,13-14H2,1-4H3,(H,30,31)/t16-,17-,22+,24?,25+,27-/m1/s1. The largest absolute Gasteiger partial charge is 0.491 e. The van der Waals surface area contributed by atoms with Gasteiger partial charge in [-0.05, 0) is 86.8 Å². The second-order valence-electron chi connectivity index (χ2n) is 9.54. The van der Waals surface area contributed by atoms with Crippen molar-refractivity contribution in [2.45, 2.75) is 77.4 Å². The lowest BCUT2D eigenvalue weighted by molar-refractivity contribution is -0.131. The van der Waals surface area contributed by atoms with Crippen molar-refractivity contribution < 1.29 is 9.53 Å². The molecule has 1 unspecified atom stereocenters. The number of fused-ring (bicyclic) bond motifs is 1. The molecule has 32 heavy (non-hydrogen) atoms. The number of carbonyl (C=O) groups is 1. The molecule has 0 spiro atoms. The summed E-state index contributed by atoms with van der Waals surface area (Å²) in [5.41, 5.74) is 2.03. The van der Waals surface area contributed by atoms with Crippen LogP contribution in [0.25, 0.3) is 0 Å². The predicted molar refractivity (Wildman–Crippen MR) is 132 cm³/mol. The highest BCUT2D eigenvalue weighted by Gasteiger charge is 2.59. The number of hydrogen-bond donors (Lipinski definition) is 1. The highest BCUT2D eigenvalue weighted by molar-refractivity contribution is 6.31. The second-order valence-corrected chi connectivity index (χ2v) is 10.4. The monoisotopic (exact) mass is 473 g/mol. The minimum absolute atomic E-state index is 0.109. The summed E-state index contributed by atoms with van der Waals surface area (Å²) in [4.78, 5) is 13.1. The van der Waals surface area contributed by atoms with E-state index in [0.717, 1.165) is 47.0 Å². The molecule has 2 aromatic carbocycles. The SMILES string of the molecule is CC[C@@H](C)Oc1ccc([C@@H]2CC[C@@]3(CC)C(=O)N[C@H](C)[C@H]3C2c2ccc(Cl)cc2)c(Cl)c1. The quantitative estimate of drug-likeness (QED) is 0.475. The number of nitrogens with one attached hydrogen (secondary N) is 1. The van der Waals surface area contributed by atoms with E-state index in [-0.39, 0.29) is 41.2 Å². The van der Waals surface area contributed by atoms with E-state index in [1.165, 1.54) is 5.56 Å². The molecule has 0 bridgehead atoms. The molecule has 2 fully saturated rings. The number of carbonyl (C=O) groups excluding carboxylic acids is 1. The minimum Gasteiger partial charge on any atom is -0.491 e. The Labute approximate surface area is 201 Å². The van der Waals surface area contributed by atoms with Gasteiger partial charge in [-0.2, -0.15) is 0 Å². The van der Waals surface area contributed by atoms with Gasteiger partial charge in [-0.1, -0.05) is 55.2 Å². The molecule has 2 aliphatic rings. The number of benzene rings is 2. The van der Waals surface area contributed by atoms with Gasteiger partial charge in [-0.25, -0.2) is 0 Å². The zero-order valence-electron chi connectivity index (χ0n) is 19.3. The number of rotatable bonds is 6. The maximum absolute atomic E-state index is 13.1. The van der Waals surface area contributed by atoms with Gasteiger partial charge < -0.3 is 10.1 Å². The third-order valence-electron chi connectivity index (χ3n) is 7.88. The first-order chi connectivity index (χ1) is 15.3. The van der Waals surface area contributed by atoms with Gasteiger partial charge >= 0.3 is 0 Å². The maximum atomic E-state index is 13.1. The average molecular weight is 474 g/mol. The van der Waals surface area contributed by atoms with E-state index in [1.807, 2.05) is 24.3 Å². The number of amides is 1. The molecule has 1 saturated heterocycles. The smallest absolute Gasteiger partial charge is 0.226 e. The third-order valence-corrected chi connectivity index (χ3v) is 8.46. The molecule has 3 nitrogen and oxygen atoms in total. The summed E-state index contributed by atoms with van der Waals surface area (Å²) in [6.07, 6.45) is 3.74. The lowest BCUT2D eigenvalue weighted by Crippen LogP contribution is -2.43. The van der Waals surface area contributed by atoms with Crippen molar-refractivity contribution in [1.29, 1.82) is 0 Å². The molecule has 1 aliphatic heterocycles. The molecule has 1 saturated carbocycles. The Kier molecular flexibility index (Phi) is 6.79. The Morgan fingerprint density at radius 3 is 2.50 bits per heavy atom. The van der Waals surface area contributed by atoms with Crippen molar-refractivity contribution >= 4 is 29.1 Å². The maximum Gasteiger partial charge on any atom is 0.226 e. The van der Waals surface area contributed by atoms with Gasteiger partial charge in [0.05, 0.1) is 11.5 Å². The molecule has 4 rings (SSSR count). The van der Waals surface area contributed by atoms with E-state index in [1.54, 1.807) is 0 Å². The highest BCUT2D eigenvalue weighted by Crippen LogP contribution is 2.60. The Balaban J connectivity index is 1.78. The fourth-order valence-electron chi connectivity index (χ4n) is 6.09. The van der Waals surface area contributed by atoms with Crippen molar-refractivity contribution in [2.24, 2.45) is 11.3 Å². The highest BCUT2D eigenvalue weighted by atomic mass is 35.5. The van der Waals surface area contributed by atoms with Crippen LogP contribution in [0.5, 0.6) is 5.75 Å². The molecule has 1 heterocycles. The van der Waals surface area contributed by atoms with E-state index in [0.29, 0.717) is 0 Å². The first-order valence-electron chi connectivity index (χ1n) is 11.8. The molecule has 1 amide bonds. The molecule has 6 atom stereocenters. The van der Waals surface area contributed by atoms with E-state index in [2.05, 4.69) is 51.2 Å². The van der Waals surface area contributed by atoms with E-state index < -0.39 is 0 Å². The summed E-state index contributed by atoms with van der Waals surface area (Å²) in [6, 6.07) is 14.4. The fraction of sp³-hybridized carbons (Fsp3) is 0.519. The Morgan fingerprint density at radius 2 is 1.88 bits per heavy atom. The normalized spacial score (nSPS) is 30.5. The van der Waals surface area contributed by atoms with Crippen LogP contribution >= 0.6 is 23.2 Å². The number of ether oxygens (including phenoxy) is 1. The van der Waals surface area contributed by atoms with Gasteiger partial charge in [0.1, 0.15) is 5.75 Å². The average Bonchev–Trinajstić information content (AvgIpc) is 3.04. The minimum atomic E-state index is -0.327. The van der Waals surface area contributed by atoms with Crippen LogP contribution in [0, 0.1) is 11.3 Å². The zero-order chi connectivity index (χ0) is 23.0. The predicted octanol–water partition coefficient (Wildman–Crippen LogP) is 7.36. The Hall–Kier alpha value is -1.71. The van der Waals surface area contributed by atoms with Crippen LogP contribution < -0.4 is 10.1 Å². The summed E-state index contributed by atoms with van der Waals surface area (Å²) in [6.45, 7) is 8.47. The van der Waals surface area contributed by atoms with Crippen molar-refractivity contribution in [3.63, 3.8) is 0 Å². The van der Waals surface area contributed by atoms with Gasteiger partial charge in [0, 0.05) is 22.0 Å². The molecular formula is C27H33Cl2NO2. The summed E-state index contributed by atoms with van der Waals surface area (Å²) < 4.78 is 5.99. The van der Waals surface area contributed by atoms with Crippen molar-refractivity contribution in [1.82, 2.24) is 5.32 Å². The van der Waals surface area contributed by atoms with Crippen molar-refractivity contribution in [2.75, 3.05) is 0 Å². The van der Waals surface area contributed by atoms with Gasteiger partial charge in [0.2, 0.25) is 5.91 Å². The molecule has 172 valence electrons. The van der Waals surface area contributed by atoms with Crippen LogP contribution in [0.15, 0.2) is 42.5 Å². The van der Waals surface area contributed by atoms with Crippen LogP contribution in [0.2, 0.25) is 10.0 Å². The van der Waals surface area contributed by atoms with Gasteiger partial charge in [0.15, 0.2) is 0 Å². The van der Waals surface area contributed by atoms with E-state index >= 15 is 0 Å². The molecule has 1 N–H and O–H groups in total. The van der Waals surface area contributed by atoms with Crippen LogP contribution in [-0.4, -0.2) is 18.1 Å². The summed E-state index contributed by atoms with van der Waals surface area (Å²) in [7, 11) is 0. The summed E-state index contributed by atoms with van der Waals surface area (Å²) in [5.74, 6) is 1.61. The lowest BCUT2D eigenvalue weighted by Gasteiger charge is -2.47. The van der Waals surface area contributed by atoms with Gasteiger partial charge in [-0.15, -0.1) is 0 Å². The van der Waals surface area contributed by atoms with E-state index in [4.69, 9.17) is 27.9 Å². The molecule has 0 aromatic heterocycles. The molecular weight excluding hydrogens is 441 g/mol. The van der Waals surface area contributed by atoms with Crippen molar-refractivity contribution in [3.05, 3.63) is 63.6 Å². The molecule has 0 radical (unpaired) electrons. The van der Waals surface area contributed by atoms with Gasteiger partial charge in [0.25, 0.3) is 0 Å².